The van der Waals surface area contributed by atoms with E-state index in [9.17, 15) is 9.59 Å². The number of amides is 2. The van der Waals surface area contributed by atoms with Crippen molar-refractivity contribution in [3.05, 3.63) is 84.4 Å². The van der Waals surface area contributed by atoms with E-state index in [4.69, 9.17) is 0 Å². The standard InChI is InChI=1S/C26H32N6O2/c1-30-14-16-31(17-15-30)19-24(21-6-3-2-4-7-21)29-26(34)22-8-5-9-23(18-22)28-25(33)10-12-32-13-11-27-20-32/h2-9,11,13,18,20,24H,10,12,14-17,19H2,1H3,(H,28,33)(H,29,34). The number of piperazine rings is 1. The van der Waals surface area contributed by atoms with Crippen molar-refractivity contribution in [2.24, 2.45) is 0 Å². The molecule has 1 fully saturated rings. The van der Waals surface area contributed by atoms with Crippen LogP contribution in [0.3, 0.4) is 0 Å². The van der Waals surface area contributed by atoms with Crippen LogP contribution in [0.15, 0.2) is 73.3 Å². The van der Waals surface area contributed by atoms with Gasteiger partial charge in [0.1, 0.15) is 0 Å². The first kappa shape index (κ1) is 23.7. The summed E-state index contributed by atoms with van der Waals surface area (Å²) in [5.41, 5.74) is 2.21. The lowest BCUT2D eigenvalue weighted by molar-refractivity contribution is -0.116. The Morgan fingerprint density at radius 2 is 1.82 bits per heavy atom. The zero-order valence-corrected chi connectivity index (χ0v) is 19.6. The fraction of sp³-hybridized carbons (Fsp3) is 0.346. The second-order valence-electron chi connectivity index (χ2n) is 8.72. The van der Waals surface area contributed by atoms with Crippen LogP contribution in [-0.2, 0) is 11.3 Å². The number of aromatic nitrogens is 2. The van der Waals surface area contributed by atoms with Gasteiger partial charge < -0.3 is 20.1 Å². The van der Waals surface area contributed by atoms with E-state index in [1.165, 1.54) is 0 Å². The lowest BCUT2D eigenvalue weighted by Crippen LogP contribution is -2.47. The molecule has 2 amide bonds. The van der Waals surface area contributed by atoms with Crippen molar-refractivity contribution in [2.45, 2.75) is 19.0 Å². The Labute approximate surface area is 200 Å². The van der Waals surface area contributed by atoms with Crippen molar-refractivity contribution in [2.75, 3.05) is 45.1 Å². The van der Waals surface area contributed by atoms with Gasteiger partial charge in [0, 0.05) is 69.3 Å². The molecule has 1 aliphatic heterocycles. The molecule has 2 N–H and O–H groups in total. The minimum atomic E-state index is -0.155. The largest absolute Gasteiger partial charge is 0.344 e. The van der Waals surface area contributed by atoms with E-state index < -0.39 is 0 Å². The van der Waals surface area contributed by atoms with E-state index in [-0.39, 0.29) is 17.9 Å². The van der Waals surface area contributed by atoms with Gasteiger partial charge in [0.15, 0.2) is 0 Å². The van der Waals surface area contributed by atoms with Crippen LogP contribution in [0.5, 0.6) is 0 Å². The third kappa shape index (κ3) is 6.76. The second kappa shape index (κ2) is 11.6. The Kier molecular flexibility index (Phi) is 8.06. The van der Waals surface area contributed by atoms with Gasteiger partial charge >= 0.3 is 0 Å². The number of nitrogens with zero attached hydrogens (tertiary/aromatic N) is 4. The number of nitrogens with one attached hydrogen (secondary N) is 2. The maximum absolute atomic E-state index is 13.2. The number of likely N-dealkylation sites (N-methyl/N-ethyl adjacent to an activating group) is 1. The molecule has 1 aliphatic rings. The lowest BCUT2D eigenvalue weighted by atomic mass is 10.0. The van der Waals surface area contributed by atoms with Crippen molar-refractivity contribution >= 4 is 17.5 Å². The van der Waals surface area contributed by atoms with Gasteiger partial charge in [0.2, 0.25) is 5.91 Å². The third-order valence-electron chi connectivity index (χ3n) is 6.11. The molecule has 0 radical (unpaired) electrons. The second-order valence-corrected chi connectivity index (χ2v) is 8.72. The van der Waals surface area contributed by atoms with Gasteiger partial charge in [0.25, 0.3) is 5.91 Å². The van der Waals surface area contributed by atoms with E-state index >= 15 is 0 Å². The highest BCUT2D eigenvalue weighted by atomic mass is 16.2. The molecule has 1 saturated heterocycles. The number of benzene rings is 2. The molecule has 0 bridgehead atoms. The predicted molar refractivity (Wildman–Crippen MR) is 133 cm³/mol. The Balaban J connectivity index is 1.39. The van der Waals surface area contributed by atoms with E-state index in [0.29, 0.717) is 24.2 Å². The fourth-order valence-corrected chi connectivity index (χ4v) is 4.06. The molecular formula is C26H32N6O2. The Bertz CT molecular complexity index is 1060. The number of rotatable bonds is 9. The molecule has 2 heterocycles. The van der Waals surface area contributed by atoms with Gasteiger partial charge in [-0.1, -0.05) is 36.4 Å². The maximum atomic E-state index is 13.2. The van der Waals surface area contributed by atoms with Gasteiger partial charge in [-0.2, -0.15) is 0 Å². The summed E-state index contributed by atoms with van der Waals surface area (Å²) in [6, 6.07) is 17.1. The van der Waals surface area contributed by atoms with Gasteiger partial charge in [-0.15, -0.1) is 0 Å². The highest BCUT2D eigenvalue weighted by Crippen LogP contribution is 2.18. The van der Waals surface area contributed by atoms with Gasteiger partial charge in [-0.3, -0.25) is 14.5 Å². The molecule has 34 heavy (non-hydrogen) atoms. The summed E-state index contributed by atoms with van der Waals surface area (Å²) in [5.74, 6) is -0.263. The average molecular weight is 461 g/mol. The zero-order valence-electron chi connectivity index (χ0n) is 19.6. The minimum absolute atomic E-state index is 0.108. The van der Waals surface area contributed by atoms with Gasteiger partial charge in [-0.05, 0) is 30.8 Å². The highest BCUT2D eigenvalue weighted by molar-refractivity contribution is 5.97. The average Bonchev–Trinajstić information content (AvgIpc) is 3.38. The molecule has 1 unspecified atom stereocenters. The lowest BCUT2D eigenvalue weighted by Gasteiger charge is -2.35. The smallest absolute Gasteiger partial charge is 0.251 e. The molecular weight excluding hydrogens is 428 g/mol. The molecule has 4 rings (SSSR count). The van der Waals surface area contributed by atoms with Crippen molar-refractivity contribution in [3.63, 3.8) is 0 Å². The van der Waals surface area contributed by atoms with Crippen molar-refractivity contribution in [1.29, 1.82) is 0 Å². The summed E-state index contributed by atoms with van der Waals surface area (Å²) in [5, 5.41) is 6.10. The molecule has 0 aliphatic carbocycles. The summed E-state index contributed by atoms with van der Waals surface area (Å²) >= 11 is 0. The number of hydrogen-bond acceptors (Lipinski definition) is 5. The molecule has 0 saturated carbocycles. The van der Waals surface area contributed by atoms with E-state index in [0.717, 1.165) is 38.3 Å². The van der Waals surface area contributed by atoms with Crippen LogP contribution in [0.1, 0.15) is 28.4 Å². The van der Waals surface area contributed by atoms with Crippen LogP contribution in [0, 0.1) is 0 Å². The summed E-state index contributed by atoms with van der Waals surface area (Å²) in [7, 11) is 2.14. The summed E-state index contributed by atoms with van der Waals surface area (Å²) in [6.45, 7) is 5.33. The van der Waals surface area contributed by atoms with Crippen LogP contribution < -0.4 is 10.6 Å². The predicted octanol–water partition coefficient (Wildman–Crippen LogP) is 2.63. The van der Waals surface area contributed by atoms with E-state index in [2.05, 4.69) is 44.6 Å². The van der Waals surface area contributed by atoms with Gasteiger partial charge in [-0.25, -0.2) is 4.98 Å². The number of aryl methyl sites for hydroxylation is 1. The fourth-order valence-electron chi connectivity index (χ4n) is 4.06. The molecule has 1 aromatic heterocycles. The van der Waals surface area contributed by atoms with Gasteiger partial charge in [0.05, 0.1) is 12.4 Å². The van der Waals surface area contributed by atoms with Crippen LogP contribution in [0.2, 0.25) is 0 Å². The number of hydrogen-bond donors (Lipinski definition) is 2. The quantitative estimate of drug-likeness (QED) is 0.513. The summed E-state index contributed by atoms with van der Waals surface area (Å²) in [4.78, 5) is 34.2. The van der Waals surface area contributed by atoms with Crippen LogP contribution in [-0.4, -0.2) is 70.9 Å². The maximum Gasteiger partial charge on any atom is 0.251 e. The third-order valence-corrected chi connectivity index (χ3v) is 6.11. The first-order valence-electron chi connectivity index (χ1n) is 11.7. The molecule has 8 nitrogen and oxygen atoms in total. The molecule has 0 spiro atoms. The topological polar surface area (TPSA) is 82.5 Å². The first-order valence-corrected chi connectivity index (χ1v) is 11.7. The number of carbonyl (C=O) groups is 2. The Morgan fingerprint density at radius 3 is 2.56 bits per heavy atom. The van der Waals surface area contributed by atoms with Crippen LogP contribution >= 0.6 is 0 Å². The first-order chi connectivity index (χ1) is 16.6. The Morgan fingerprint density at radius 1 is 1.03 bits per heavy atom. The number of imidazole rings is 1. The normalized spacial score (nSPS) is 15.6. The van der Waals surface area contributed by atoms with Crippen molar-refractivity contribution in [3.8, 4) is 0 Å². The molecule has 3 aromatic rings. The molecule has 8 heteroatoms. The molecule has 178 valence electrons. The van der Waals surface area contributed by atoms with E-state index in [1.54, 1.807) is 36.8 Å². The number of carbonyl (C=O) groups excluding carboxylic acids is 2. The summed E-state index contributed by atoms with van der Waals surface area (Å²) < 4.78 is 1.85. The van der Waals surface area contributed by atoms with E-state index in [1.807, 2.05) is 29.0 Å². The molecule has 1 atom stereocenters. The summed E-state index contributed by atoms with van der Waals surface area (Å²) in [6.07, 6.45) is 5.52. The Hall–Kier alpha value is -3.49. The van der Waals surface area contributed by atoms with Crippen LogP contribution in [0.25, 0.3) is 0 Å². The van der Waals surface area contributed by atoms with Crippen molar-refractivity contribution in [1.82, 2.24) is 24.7 Å². The highest BCUT2D eigenvalue weighted by Gasteiger charge is 2.22. The van der Waals surface area contributed by atoms with Crippen molar-refractivity contribution < 1.29 is 9.59 Å². The van der Waals surface area contributed by atoms with Crippen LogP contribution in [0.4, 0.5) is 5.69 Å². The SMILES string of the molecule is CN1CCN(CC(NC(=O)c2cccc(NC(=O)CCn3ccnc3)c2)c2ccccc2)CC1. The molecule has 2 aromatic carbocycles. The minimum Gasteiger partial charge on any atom is -0.344 e. The number of anilines is 1. The zero-order chi connectivity index (χ0) is 23.8. The monoisotopic (exact) mass is 460 g/mol.